The minimum Gasteiger partial charge on any atom is -0.300 e. The summed E-state index contributed by atoms with van der Waals surface area (Å²) in [5.41, 5.74) is 1.20. The van der Waals surface area contributed by atoms with Crippen molar-refractivity contribution in [3.8, 4) is 0 Å². The second kappa shape index (κ2) is 4.21. The Labute approximate surface area is 78.8 Å². The fourth-order valence-corrected chi connectivity index (χ4v) is 1.54. The average Bonchev–Trinajstić information content (AvgIpc) is 2.33. The van der Waals surface area contributed by atoms with Gasteiger partial charge in [-0.1, -0.05) is 6.92 Å². The molecule has 3 nitrogen and oxygen atoms in total. The maximum Gasteiger partial charge on any atom is 0.130 e. The first kappa shape index (κ1) is 9.96. The zero-order valence-electron chi connectivity index (χ0n) is 8.45. The van der Waals surface area contributed by atoms with Crippen molar-refractivity contribution in [2.45, 2.75) is 26.7 Å². The Bertz CT molecular complexity index is 291. The Morgan fingerprint density at radius 2 is 2.38 bits per heavy atom. The number of ketones is 1. The Kier molecular flexibility index (Phi) is 3.23. The lowest BCUT2D eigenvalue weighted by Crippen LogP contribution is -2.04. The van der Waals surface area contributed by atoms with Crippen molar-refractivity contribution in [2.75, 3.05) is 0 Å². The fourth-order valence-electron chi connectivity index (χ4n) is 1.54. The van der Waals surface area contributed by atoms with E-state index in [4.69, 9.17) is 0 Å². The van der Waals surface area contributed by atoms with E-state index in [9.17, 15) is 4.79 Å². The molecule has 0 saturated heterocycles. The van der Waals surface area contributed by atoms with Crippen LogP contribution in [0.4, 0.5) is 0 Å². The molecule has 1 aromatic heterocycles. The molecular weight excluding hydrogens is 164 g/mol. The third-order valence-corrected chi connectivity index (χ3v) is 1.98. The Morgan fingerprint density at radius 3 is 2.85 bits per heavy atom. The van der Waals surface area contributed by atoms with Crippen molar-refractivity contribution < 1.29 is 4.79 Å². The van der Waals surface area contributed by atoms with Gasteiger partial charge >= 0.3 is 0 Å². The summed E-state index contributed by atoms with van der Waals surface area (Å²) in [7, 11) is 1.90. The van der Waals surface area contributed by atoms with Gasteiger partial charge in [-0.05, 0) is 24.8 Å². The highest BCUT2D eigenvalue weighted by Crippen LogP contribution is 2.10. The van der Waals surface area contributed by atoms with Crippen molar-refractivity contribution in [3.05, 3.63) is 18.0 Å². The van der Waals surface area contributed by atoms with Crippen molar-refractivity contribution in [1.29, 1.82) is 0 Å². The van der Waals surface area contributed by atoms with Gasteiger partial charge < -0.3 is 4.79 Å². The molecule has 0 aliphatic heterocycles. The monoisotopic (exact) mass is 180 g/mol. The molecule has 0 aliphatic rings. The van der Waals surface area contributed by atoms with Crippen LogP contribution in [0.1, 0.15) is 25.8 Å². The summed E-state index contributed by atoms with van der Waals surface area (Å²) >= 11 is 0. The number of aromatic nitrogens is 2. The topological polar surface area (TPSA) is 34.9 Å². The van der Waals surface area contributed by atoms with Crippen LogP contribution in [0.5, 0.6) is 0 Å². The predicted molar refractivity (Wildman–Crippen MR) is 51.4 cm³/mol. The van der Waals surface area contributed by atoms with Crippen LogP contribution in [0.3, 0.4) is 0 Å². The van der Waals surface area contributed by atoms with E-state index in [1.165, 1.54) is 5.56 Å². The Balaban J connectivity index is 2.44. The molecule has 0 bridgehead atoms. The molecular formula is C10H16N2O. The van der Waals surface area contributed by atoms with Crippen LogP contribution in [0.2, 0.25) is 0 Å². The van der Waals surface area contributed by atoms with Crippen LogP contribution in [-0.2, 0) is 18.3 Å². The minimum absolute atomic E-state index is 0.261. The van der Waals surface area contributed by atoms with E-state index in [2.05, 4.69) is 12.0 Å². The van der Waals surface area contributed by atoms with Gasteiger partial charge in [-0.15, -0.1) is 0 Å². The molecule has 0 fully saturated rings. The highest BCUT2D eigenvalue weighted by molar-refractivity contribution is 5.75. The molecule has 1 rings (SSSR count). The standard InChI is InChI=1S/C10H16N2O/c1-8(4-9(2)13)5-10-6-11-12(3)7-10/h6-8H,4-5H2,1-3H3. The van der Waals surface area contributed by atoms with Gasteiger partial charge in [0.05, 0.1) is 6.20 Å². The fraction of sp³-hybridized carbons (Fsp3) is 0.600. The van der Waals surface area contributed by atoms with Gasteiger partial charge in [0, 0.05) is 19.7 Å². The van der Waals surface area contributed by atoms with E-state index in [1.807, 2.05) is 19.4 Å². The van der Waals surface area contributed by atoms with Crippen LogP contribution in [0.25, 0.3) is 0 Å². The zero-order chi connectivity index (χ0) is 9.84. The highest BCUT2D eigenvalue weighted by Gasteiger charge is 2.07. The summed E-state index contributed by atoms with van der Waals surface area (Å²) in [4.78, 5) is 10.8. The minimum atomic E-state index is 0.261. The van der Waals surface area contributed by atoms with Crippen LogP contribution in [0.15, 0.2) is 12.4 Å². The molecule has 0 amide bonds. The average molecular weight is 180 g/mol. The molecule has 1 atom stereocenters. The number of Topliss-reactive ketones (excluding diaryl/α,β-unsaturated/α-hetero) is 1. The van der Waals surface area contributed by atoms with E-state index >= 15 is 0 Å². The van der Waals surface area contributed by atoms with E-state index in [-0.39, 0.29) is 5.78 Å². The van der Waals surface area contributed by atoms with E-state index < -0.39 is 0 Å². The molecule has 0 radical (unpaired) electrons. The lowest BCUT2D eigenvalue weighted by atomic mass is 9.98. The third kappa shape index (κ3) is 3.40. The summed E-state index contributed by atoms with van der Waals surface area (Å²) < 4.78 is 1.79. The molecule has 0 aromatic carbocycles. The first-order valence-electron chi connectivity index (χ1n) is 4.55. The van der Waals surface area contributed by atoms with Gasteiger partial charge in [-0.3, -0.25) is 4.68 Å². The normalized spacial score (nSPS) is 12.8. The van der Waals surface area contributed by atoms with Crippen molar-refractivity contribution in [1.82, 2.24) is 9.78 Å². The Morgan fingerprint density at radius 1 is 1.69 bits per heavy atom. The summed E-state index contributed by atoms with van der Waals surface area (Å²) in [6.45, 7) is 3.73. The van der Waals surface area contributed by atoms with E-state index in [0.29, 0.717) is 12.3 Å². The number of hydrogen-bond donors (Lipinski definition) is 0. The van der Waals surface area contributed by atoms with Crippen LogP contribution < -0.4 is 0 Å². The number of hydrogen-bond acceptors (Lipinski definition) is 2. The van der Waals surface area contributed by atoms with Gasteiger partial charge in [0.2, 0.25) is 0 Å². The molecule has 1 heterocycles. The number of nitrogens with zero attached hydrogens (tertiary/aromatic N) is 2. The van der Waals surface area contributed by atoms with Gasteiger partial charge in [0.25, 0.3) is 0 Å². The maximum absolute atomic E-state index is 10.8. The number of rotatable bonds is 4. The number of carbonyl (C=O) groups is 1. The molecule has 1 aromatic rings. The number of aryl methyl sites for hydroxylation is 1. The van der Waals surface area contributed by atoms with Crippen molar-refractivity contribution in [2.24, 2.45) is 13.0 Å². The molecule has 13 heavy (non-hydrogen) atoms. The van der Waals surface area contributed by atoms with Gasteiger partial charge in [-0.2, -0.15) is 5.10 Å². The summed E-state index contributed by atoms with van der Waals surface area (Å²) in [6.07, 6.45) is 5.45. The third-order valence-electron chi connectivity index (χ3n) is 1.98. The highest BCUT2D eigenvalue weighted by atomic mass is 16.1. The summed E-state index contributed by atoms with van der Waals surface area (Å²) in [5.74, 6) is 0.679. The zero-order valence-corrected chi connectivity index (χ0v) is 8.45. The molecule has 0 aliphatic carbocycles. The quantitative estimate of drug-likeness (QED) is 0.705. The van der Waals surface area contributed by atoms with E-state index in [0.717, 1.165) is 6.42 Å². The van der Waals surface area contributed by atoms with Crippen LogP contribution in [0, 0.1) is 5.92 Å². The van der Waals surface area contributed by atoms with Gasteiger partial charge in [-0.25, -0.2) is 0 Å². The van der Waals surface area contributed by atoms with Gasteiger partial charge in [0.15, 0.2) is 0 Å². The van der Waals surface area contributed by atoms with Crippen molar-refractivity contribution in [3.63, 3.8) is 0 Å². The summed E-state index contributed by atoms with van der Waals surface area (Å²) in [6, 6.07) is 0. The smallest absolute Gasteiger partial charge is 0.130 e. The second-order valence-corrected chi connectivity index (χ2v) is 3.74. The number of carbonyl (C=O) groups excluding carboxylic acids is 1. The molecule has 0 N–H and O–H groups in total. The van der Waals surface area contributed by atoms with Crippen LogP contribution >= 0.6 is 0 Å². The molecule has 1 unspecified atom stereocenters. The SMILES string of the molecule is CC(=O)CC(C)Cc1cnn(C)c1. The second-order valence-electron chi connectivity index (χ2n) is 3.74. The summed E-state index contributed by atoms with van der Waals surface area (Å²) in [5, 5.41) is 4.08. The largest absolute Gasteiger partial charge is 0.300 e. The maximum atomic E-state index is 10.8. The lowest BCUT2D eigenvalue weighted by molar-refractivity contribution is -0.117. The Hall–Kier alpha value is -1.12. The van der Waals surface area contributed by atoms with Crippen molar-refractivity contribution >= 4 is 5.78 Å². The molecule has 0 spiro atoms. The molecule has 3 heteroatoms. The van der Waals surface area contributed by atoms with Crippen LogP contribution in [-0.4, -0.2) is 15.6 Å². The first-order chi connectivity index (χ1) is 6.08. The predicted octanol–water partition coefficient (Wildman–Crippen LogP) is 1.58. The van der Waals surface area contributed by atoms with Gasteiger partial charge in [0.1, 0.15) is 5.78 Å². The van der Waals surface area contributed by atoms with E-state index in [1.54, 1.807) is 11.6 Å². The molecule has 72 valence electrons. The molecule has 0 saturated carbocycles. The first-order valence-corrected chi connectivity index (χ1v) is 4.55. The lowest BCUT2D eigenvalue weighted by Gasteiger charge is -2.06.